The van der Waals surface area contributed by atoms with E-state index in [1.54, 1.807) is 6.92 Å². The molecule has 0 aromatic carbocycles. The molecule has 0 aliphatic rings. The van der Waals surface area contributed by atoms with Crippen LogP contribution in [0.4, 0.5) is 0 Å². The third kappa shape index (κ3) is 4.21. The van der Waals surface area contributed by atoms with E-state index in [4.69, 9.17) is 11.6 Å². The highest BCUT2D eigenvalue weighted by molar-refractivity contribution is 6.30. The van der Waals surface area contributed by atoms with E-state index < -0.39 is 5.69 Å². The molecule has 0 aliphatic heterocycles. The number of rotatable bonds is 6. The zero-order valence-electron chi connectivity index (χ0n) is 12.0. The lowest BCUT2D eigenvalue weighted by molar-refractivity contribution is 0.266. The second-order valence-corrected chi connectivity index (χ2v) is 5.49. The topological polar surface area (TPSA) is 58.1 Å². The van der Waals surface area contributed by atoms with E-state index in [0.717, 1.165) is 19.4 Å². The normalized spacial score (nSPS) is 11.5. The molecule has 0 atom stereocenters. The summed E-state index contributed by atoms with van der Waals surface area (Å²) in [6, 6.07) is 0.504. The van der Waals surface area contributed by atoms with Crippen molar-refractivity contribution >= 4 is 11.6 Å². The molecule has 1 aromatic rings. The van der Waals surface area contributed by atoms with Crippen LogP contribution in [0.5, 0.6) is 0 Å². The molecule has 0 bridgehead atoms. The lowest BCUT2D eigenvalue weighted by Crippen LogP contribution is -2.36. The van der Waals surface area contributed by atoms with Crippen LogP contribution in [0.1, 0.15) is 32.3 Å². The Hall–Kier alpha value is -1.07. The predicted molar refractivity (Wildman–Crippen MR) is 78.1 cm³/mol. The molecule has 0 spiro atoms. The Kier molecular flexibility index (Phi) is 5.82. The molecule has 0 radical (unpaired) electrons. The fourth-order valence-electron chi connectivity index (χ4n) is 1.74. The fraction of sp³-hybridized carbons (Fsp3) is 0.692. The third-order valence-electron chi connectivity index (χ3n) is 3.38. The van der Waals surface area contributed by atoms with Gasteiger partial charge >= 0.3 is 5.69 Å². The van der Waals surface area contributed by atoms with Crippen molar-refractivity contribution in [3.63, 3.8) is 0 Å². The zero-order chi connectivity index (χ0) is 14.6. The molecule has 6 heteroatoms. The van der Waals surface area contributed by atoms with E-state index in [1.165, 1.54) is 4.57 Å². The first-order valence-electron chi connectivity index (χ1n) is 6.54. The lowest BCUT2D eigenvalue weighted by Gasteiger charge is -2.20. The number of hydrogen-bond acceptors (Lipinski definition) is 3. The molecule has 1 rings (SSSR count). The minimum absolute atomic E-state index is 0.130. The first kappa shape index (κ1) is 16.0. The first-order chi connectivity index (χ1) is 8.84. The van der Waals surface area contributed by atoms with Crippen LogP contribution >= 0.6 is 11.6 Å². The quantitative estimate of drug-likeness (QED) is 0.639. The van der Waals surface area contributed by atoms with Crippen molar-refractivity contribution < 1.29 is 0 Å². The molecule has 0 amide bonds. The van der Waals surface area contributed by atoms with Gasteiger partial charge in [-0.2, -0.15) is 0 Å². The molecule has 0 unspecified atom stereocenters. The van der Waals surface area contributed by atoms with Crippen molar-refractivity contribution in [3.8, 4) is 0 Å². The average Bonchev–Trinajstić information content (AvgIpc) is 2.34. The van der Waals surface area contributed by atoms with Gasteiger partial charge in [-0.15, -0.1) is 0 Å². The number of aromatic nitrogens is 2. The van der Waals surface area contributed by atoms with E-state index in [1.807, 2.05) is 0 Å². The van der Waals surface area contributed by atoms with Gasteiger partial charge in [0.15, 0.2) is 0 Å². The predicted octanol–water partition coefficient (Wildman–Crippen LogP) is 1.62. The van der Waals surface area contributed by atoms with Crippen molar-refractivity contribution in [2.75, 3.05) is 13.6 Å². The molecule has 0 saturated carbocycles. The van der Waals surface area contributed by atoms with Crippen LogP contribution in [0.15, 0.2) is 9.59 Å². The van der Waals surface area contributed by atoms with Gasteiger partial charge in [-0.05, 0) is 47.2 Å². The summed E-state index contributed by atoms with van der Waals surface area (Å²) in [5.74, 6) is 0. The Balaban J connectivity index is 2.63. The van der Waals surface area contributed by atoms with Gasteiger partial charge in [-0.3, -0.25) is 14.3 Å². The minimum Gasteiger partial charge on any atom is -0.304 e. The molecule has 0 saturated heterocycles. The van der Waals surface area contributed by atoms with E-state index in [2.05, 4.69) is 30.8 Å². The molecule has 1 aromatic heterocycles. The number of unbranched alkanes of at least 4 members (excludes halogenated alkanes) is 1. The Morgan fingerprint density at radius 2 is 1.95 bits per heavy atom. The molecule has 0 fully saturated rings. The summed E-state index contributed by atoms with van der Waals surface area (Å²) in [6.07, 6.45) is 1.74. The van der Waals surface area contributed by atoms with Gasteiger partial charge in [0, 0.05) is 18.2 Å². The number of hydrogen-bond donors (Lipinski definition) is 1. The average molecular weight is 288 g/mol. The number of halogens is 1. The van der Waals surface area contributed by atoms with Gasteiger partial charge in [0.25, 0.3) is 5.56 Å². The Morgan fingerprint density at radius 3 is 2.53 bits per heavy atom. The molecule has 0 aliphatic carbocycles. The Morgan fingerprint density at radius 1 is 1.32 bits per heavy atom. The molecule has 1 N–H and O–H groups in total. The van der Waals surface area contributed by atoms with Gasteiger partial charge in [0.1, 0.15) is 5.15 Å². The van der Waals surface area contributed by atoms with Gasteiger partial charge in [-0.25, -0.2) is 4.79 Å². The maximum absolute atomic E-state index is 11.9. The molecular formula is C13H22ClN3O2. The van der Waals surface area contributed by atoms with Crippen molar-refractivity contribution in [2.45, 2.75) is 46.2 Å². The highest BCUT2D eigenvalue weighted by Gasteiger charge is 2.08. The number of aromatic amines is 1. The van der Waals surface area contributed by atoms with Crippen LogP contribution in [0.25, 0.3) is 0 Å². The van der Waals surface area contributed by atoms with Crippen LogP contribution in [-0.2, 0) is 6.54 Å². The van der Waals surface area contributed by atoms with Gasteiger partial charge in [-0.1, -0.05) is 11.6 Å². The van der Waals surface area contributed by atoms with Gasteiger partial charge in [0.2, 0.25) is 0 Å². The minimum atomic E-state index is -0.433. The van der Waals surface area contributed by atoms with E-state index in [9.17, 15) is 9.59 Å². The van der Waals surface area contributed by atoms with Crippen molar-refractivity contribution in [3.05, 3.63) is 31.6 Å². The summed E-state index contributed by atoms with van der Waals surface area (Å²) in [5.41, 5.74) is -0.343. The van der Waals surface area contributed by atoms with Crippen LogP contribution < -0.4 is 11.2 Å². The van der Waals surface area contributed by atoms with E-state index >= 15 is 0 Å². The van der Waals surface area contributed by atoms with Crippen LogP contribution in [-0.4, -0.2) is 34.1 Å². The summed E-state index contributed by atoms with van der Waals surface area (Å²) < 4.78 is 1.22. The SMILES string of the molecule is Cc1c(Cl)[nH]c(=O)n(CCCCN(C)C(C)C)c1=O. The van der Waals surface area contributed by atoms with Gasteiger partial charge in [0.05, 0.1) is 0 Å². The summed E-state index contributed by atoms with van der Waals surface area (Å²) in [6.45, 7) is 7.27. The van der Waals surface area contributed by atoms with Crippen LogP contribution in [0, 0.1) is 6.92 Å². The van der Waals surface area contributed by atoms with Crippen LogP contribution in [0.3, 0.4) is 0 Å². The smallest absolute Gasteiger partial charge is 0.304 e. The summed E-state index contributed by atoms with van der Waals surface area (Å²) in [5, 5.41) is 0.130. The highest BCUT2D eigenvalue weighted by Crippen LogP contribution is 2.03. The molecule has 5 nitrogen and oxygen atoms in total. The maximum Gasteiger partial charge on any atom is 0.329 e. The highest BCUT2D eigenvalue weighted by atomic mass is 35.5. The Bertz CT molecular complexity index is 534. The first-order valence-corrected chi connectivity index (χ1v) is 6.91. The maximum atomic E-state index is 11.9. The van der Waals surface area contributed by atoms with Crippen LogP contribution in [0.2, 0.25) is 5.15 Å². The lowest BCUT2D eigenvalue weighted by atomic mass is 10.2. The van der Waals surface area contributed by atoms with E-state index in [-0.39, 0.29) is 10.7 Å². The Labute approximate surface area is 118 Å². The summed E-state index contributed by atoms with van der Waals surface area (Å²) in [4.78, 5) is 28.3. The molecule has 19 heavy (non-hydrogen) atoms. The number of nitrogens with zero attached hydrogens (tertiary/aromatic N) is 2. The largest absolute Gasteiger partial charge is 0.329 e. The summed E-state index contributed by atoms with van der Waals surface area (Å²) in [7, 11) is 2.07. The van der Waals surface area contributed by atoms with Gasteiger partial charge < -0.3 is 4.90 Å². The van der Waals surface area contributed by atoms with Crippen molar-refractivity contribution in [1.82, 2.24) is 14.5 Å². The standard InChI is InChI=1S/C13H22ClN3O2/c1-9(2)16(4)7-5-6-8-17-12(18)10(3)11(14)15-13(17)19/h9H,5-8H2,1-4H3,(H,15,19). The zero-order valence-corrected chi connectivity index (χ0v) is 12.8. The third-order valence-corrected chi connectivity index (χ3v) is 3.76. The van der Waals surface area contributed by atoms with E-state index in [0.29, 0.717) is 18.2 Å². The summed E-state index contributed by atoms with van der Waals surface area (Å²) >= 11 is 5.75. The molecule has 1 heterocycles. The molecular weight excluding hydrogens is 266 g/mol. The number of nitrogens with one attached hydrogen (secondary N) is 1. The second kappa shape index (κ2) is 6.91. The monoisotopic (exact) mass is 287 g/mol. The van der Waals surface area contributed by atoms with Crippen molar-refractivity contribution in [1.29, 1.82) is 0 Å². The number of H-pyrrole nitrogens is 1. The fourth-order valence-corrected chi connectivity index (χ4v) is 1.90. The second-order valence-electron chi connectivity index (χ2n) is 5.11. The molecule has 108 valence electrons. The van der Waals surface area contributed by atoms with Crippen molar-refractivity contribution in [2.24, 2.45) is 0 Å².